The van der Waals surface area contributed by atoms with Crippen LogP contribution in [0.2, 0.25) is 0 Å². The summed E-state index contributed by atoms with van der Waals surface area (Å²) in [7, 11) is 0. The number of aromatic nitrogens is 2. The van der Waals surface area contributed by atoms with Crippen molar-refractivity contribution in [1.29, 1.82) is 0 Å². The first-order valence-corrected chi connectivity index (χ1v) is 5.43. The number of hydrogen-bond donors (Lipinski definition) is 1. The molecule has 1 aromatic carbocycles. The molecule has 2 N–H and O–H groups in total. The number of benzene rings is 1. The third kappa shape index (κ3) is 2.47. The van der Waals surface area contributed by atoms with Crippen LogP contribution in [0.15, 0.2) is 36.5 Å². The lowest BCUT2D eigenvalue weighted by atomic mass is 10.1. The second kappa shape index (κ2) is 4.74. The normalized spacial score (nSPS) is 10.2. The summed E-state index contributed by atoms with van der Waals surface area (Å²) in [6.45, 7) is 2.10. The molecule has 0 aliphatic heterocycles. The van der Waals surface area contributed by atoms with Gasteiger partial charge in [-0.2, -0.15) is 0 Å². The molecule has 4 heteroatoms. The molecule has 0 fully saturated rings. The molecule has 1 aromatic heterocycles. The molecule has 0 radical (unpaired) electrons. The Hall–Kier alpha value is -2.23. The Morgan fingerprint density at radius 3 is 2.53 bits per heavy atom. The molecule has 0 atom stereocenters. The molecule has 0 saturated carbocycles. The van der Waals surface area contributed by atoms with Crippen LogP contribution in [0.3, 0.4) is 0 Å². The van der Waals surface area contributed by atoms with Crippen LogP contribution in [0.25, 0.3) is 11.3 Å². The van der Waals surface area contributed by atoms with Crippen molar-refractivity contribution in [2.75, 3.05) is 0 Å². The maximum absolute atomic E-state index is 11.0. The number of aryl methyl sites for hydroxylation is 1. The summed E-state index contributed by atoms with van der Waals surface area (Å²) in [4.78, 5) is 18.9. The SMILES string of the molecule is CCc1ccc(-c2ccnc(C(N)=O)n2)cc1. The van der Waals surface area contributed by atoms with Crippen molar-refractivity contribution in [3.63, 3.8) is 0 Å². The van der Waals surface area contributed by atoms with Crippen molar-refractivity contribution in [1.82, 2.24) is 9.97 Å². The third-order valence-corrected chi connectivity index (χ3v) is 2.53. The van der Waals surface area contributed by atoms with Crippen molar-refractivity contribution in [2.24, 2.45) is 5.73 Å². The van der Waals surface area contributed by atoms with E-state index in [0.717, 1.165) is 12.0 Å². The first-order valence-electron chi connectivity index (χ1n) is 5.43. The zero-order chi connectivity index (χ0) is 12.3. The predicted molar refractivity (Wildman–Crippen MR) is 65.4 cm³/mol. The minimum Gasteiger partial charge on any atom is -0.363 e. The number of nitrogens with zero attached hydrogens (tertiary/aromatic N) is 2. The standard InChI is InChI=1S/C13H13N3O/c1-2-9-3-5-10(6-4-9)11-7-8-15-13(16-11)12(14)17/h3-8H,2H2,1H3,(H2,14,17). The van der Waals surface area contributed by atoms with E-state index in [4.69, 9.17) is 5.73 Å². The average Bonchev–Trinajstić information content (AvgIpc) is 2.39. The molecule has 0 spiro atoms. The molecular formula is C13H13N3O. The molecule has 0 bridgehead atoms. The highest BCUT2D eigenvalue weighted by Crippen LogP contribution is 2.17. The van der Waals surface area contributed by atoms with E-state index in [1.807, 2.05) is 24.3 Å². The molecule has 4 nitrogen and oxygen atoms in total. The Morgan fingerprint density at radius 2 is 1.94 bits per heavy atom. The number of carbonyl (C=O) groups excluding carboxylic acids is 1. The maximum Gasteiger partial charge on any atom is 0.286 e. The van der Waals surface area contributed by atoms with E-state index in [1.54, 1.807) is 6.07 Å². The van der Waals surface area contributed by atoms with Gasteiger partial charge in [-0.1, -0.05) is 31.2 Å². The lowest BCUT2D eigenvalue weighted by Crippen LogP contribution is -2.15. The average molecular weight is 227 g/mol. The summed E-state index contributed by atoms with van der Waals surface area (Å²) >= 11 is 0. The molecule has 1 heterocycles. The van der Waals surface area contributed by atoms with Crippen LogP contribution >= 0.6 is 0 Å². The van der Waals surface area contributed by atoms with Gasteiger partial charge in [0.15, 0.2) is 0 Å². The van der Waals surface area contributed by atoms with Gasteiger partial charge in [0.2, 0.25) is 5.82 Å². The van der Waals surface area contributed by atoms with Crippen LogP contribution in [-0.4, -0.2) is 15.9 Å². The molecule has 17 heavy (non-hydrogen) atoms. The molecule has 0 unspecified atom stereocenters. The Labute approximate surface area is 99.5 Å². The van der Waals surface area contributed by atoms with Gasteiger partial charge in [0.05, 0.1) is 5.69 Å². The van der Waals surface area contributed by atoms with Gasteiger partial charge >= 0.3 is 0 Å². The predicted octanol–water partition coefficient (Wildman–Crippen LogP) is 1.80. The number of amides is 1. The van der Waals surface area contributed by atoms with Crippen LogP contribution < -0.4 is 5.73 Å². The van der Waals surface area contributed by atoms with E-state index in [9.17, 15) is 4.79 Å². The Kier molecular flexibility index (Phi) is 3.14. The van der Waals surface area contributed by atoms with Crippen LogP contribution in [0.5, 0.6) is 0 Å². The van der Waals surface area contributed by atoms with E-state index in [1.165, 1.54) is 11.8 Å². The van der Waals surface area contributed by atoms with E-state index >= 15 is 0 Å². The van der Waals surface area contributed by atoms with Crippen molar-refractivity contribution < 1.29 is 4.79 Å². The second-order valence-electron chi connectivity index (χ2n) is 3.68. The van der Waals surface area contributed by atoms with Gasteiger partial charge in [-0.15, -0.1) is 0 Å². The second-order valence-corrected chi connectivity index (χ2v) is 3.68. The van der Waals surface area contributed by atoms with E-state index in [-0.39, 0.29) is 5.82 Å². The van der Waals surface area contributed by atoms with Crippen LogP contribution in [-0.2, 0) is 6.42 Å². The lowest BCUT2D eigenvalue weighted by molar-refractivity contribution is 0.0990. The number of nitrogens with two attached hydrogens (primary N) is 1. The highest BCUT2D eigenvalue weighted by atomic mass is 16.1. The number of rotatable bonds is 3. The monoisotopic (exact) mass is 227 g/mol. The fourth-order valence-electron chi connectivity index (χ4n) is 1.55. The van der Waals surface area contributed by atoms with Gasteiger partial charge in [-0.25, -0.2) is 9.97 Å². The summed E-state index contributed by atoms with van der Waals surface area (Å²) in [5.74, 6) is -0.570. The topological polar surface area (TPSA) is 68.9 Å². The smallest absolute Gasteiger partial charge is 0.286 e. The molecule has 86 valence electrons. The van der Waals surface area contributed by atoms with Crippen molar-refractivity contribution in [2.45, 2.75) is 13.3 Å². The first kappa shape index (κ1) is 11.3. The highest BCUT2D eigenvalue weighted by Gasteiger charge is 2.06. The molecular weight excluding hydrogens is 214 g/mol. The minimum atomic E-state index is -0.614. The summed E-state index contributed by atoms with van der Waals surface area (Å²) in [6.07, 6.45) is 2.53. The summed E-state index contributed by atoms with van der Waals surface area (Å²) in [6, 6.07) is 9.80. The quantitative estimate of drug-likeness (QED) is 0.869. The third-order valence-electron chi connectivity index (χ3n) is 2.53. The number of primary amides is 1. The van der Waals surface area contributed by atoms with Gasteiger partial charge in [-0.3, -0.25) is 4.79 Å². The van der Waals surface area contributed by atoms with Crippen LogP contribution in [0.4, 0.5) is 0 Å². The summed E-state index contributed by atoms with van der Waals surface area (Å²) in [5.41, 5.74) is 8.06. The van der Waals surface area contributed by atoms with Gasteiger partial charge in [0.1, 0.15) is 0 Å². The van der Waals surface area contributed by atoms with Crippen molar-refractivity contribution >= 4 is 5.91 Å². The largest absolute Gasteiger partial charge is 0.363 e. The van der Waals surface area contributed by atoms with Crippen molar-refractivity contribution in [3.05, 3.63) is 47.9 Å². The lowest BCUT2D eigenvalue weighted by Gasteiger charge is -2.03. The Balaban J connectivity index is 2.38. The number of carbonyl (C=O) groups is 1. The zero-order valence-corrected chi connectivity index (χ0v) is 9.55. The molecule has 0 aliphatic rings. The minimum absolute atomic E-state index is 0.0436. The fourth-order valence-corrected chi connectivity index (χ4v) is 1.55. The molecule has 2 aromatic rings. The summed E-state index contributed by atoms with van der Waals surface area (Å²) in [5, 5.41) is 0. The van der Waals surface area contributed by atoms with Crippen molar-refractivity contribution in [3.8, 4) is 11.3 Å². The van der Waals surface area contributed by atoms with Crippen LogP contribution in [0.1, 0.15) is 23.1 Å². The maximum atomic E-state index is 11.0. The van der Waals surface area contributed by atoms with Gasteiger partial charge in [0.25, 0.3) is 5.91 Å². The molecule has 0 saturated heterocycles. The van der Waals surface area contributed by atoms with Gasteiger partial charge in [-0.05, 0) is 18.1 Å². The Bertz CT molecular complexity index is 535. The fraction of sp³-hybridized carbons (Fsp3) is 0.154. The van der Waals surface area contributed by atoms with E-state index in [0.29, 0.717) is 5.69 Å². The molecule has 0 aliphatic carbocycles. The van der Waals surface area contributed by atoms with Gasteiger partial charge in [0, 0.05) is 11.8 Å². The molecule has 2 rings (SSSR count). The van der Waals surface area contributed by atoms with E-state index < -0.39 is 5.91 Å². The zero-order valence-electron chi connectivity index (χ0n) is 9.55. The Morgan fingerprint density at radius 1 is 1.24 bits per heavy atom. The summed E-state index contributed by atoms with van der Waals surface area (Å²) < 4.78 is 0. The van der Waals surface area contributed by atoms with E-state index in [2.05, 4.69) is 16.9 Å². The molecule has 1 amide bonds. The van der Waals surface area contributed by atoms with Gasteiger partial charge < -0.3 is 5.73 Å². The number of hydrogen-bond acceptors (Lipinski definition) is 3. The highest BCUT2D eigenvalue weighted by molar-refractivity contribution is 5.89. The first-order chi connectivity index (χ1) is 8.20. The van der Waals surface area contributed by atoms with Crippen LogP contribution in [0, 0.1) is 0 Å².